The lowest BCUT2D eigenvalue weighted by Gasteiger charge is -2.18. The molecule has 0 bridgehead atoms. The lowest BCUT2D eigenvalue weighted by Crippen LogP contribution is -2.33. The third-order valence-electron chi connectivity index (χ3n) is 3.88. The highest BCUT2D eigenvalue weighted by Gasteiger charge is 2.27. The van der Waals surface area contributed by atoms with Crippen LogP contribution in [0.4, 0.5) is 0 Å². The molecule has 0 aliphatic heterocycles. The van der Waals surface area contributed by atoms with Gasteiger partial charge in [0.1, 0.15) is 0 Å². The molecule has 2 unspecified atom stereocenters. The topological polar surface area (TPSA) is 72.2 Å². The minimum absolute atomic E-state index is 0.0495. The second kappa shape index (κ2) is 6.50. The number of nitrogens with one attached hydrogen (secondary N) is 1. The van der Waals surface area contributed by atoms with Crippen molar-refractivity contribution >= 4 is 10.0 Å². The summed E-state index contributed by atoms with van der Waals surface area (Å²) in [6.07, 6.45) is 3.37. The summed E-state index contributed by atoms with van der Waals surface area (Å²) >= 11 is 0. The highest BCUT2D eigenvalue weighted by atomic mass is 32.2. The number of benzene rings is 1. The summed E-state index contributed by atoms with van der Waals surface area (Å²) < 4.78 is 26.7. The summed E-state index contributed by atoms with van der Waals surface area (Å²) in [7, 11) is -3.24. The molecule has 0 saturated heterocycles. The van der Waals surface area contributed by atoms with Crippen molar-refractivity contribution in [3.8, 4) is 0 Å². The van der Waals surface area contributed by atoms with Gasteiger partial charge in [-0.05, 0) is 36.8 Å². The summed E-state index contributed by atoms with van der Waals surface area (Å²) in [5, 5.41) is 0. The fourth-order valence-electron chi connectivity index (χ4n) is 2.77. The van der Waals surface area contributed by atoms with Crippen LogP contribution < -0.4 is 10.5 Å². The van der Waals surface area contributed by atoms with E-state index in [0.717, 1.165) is 24.8 Å². The molecule has 0 amide bonds. The van der Waals surface area contributed by atoms with Crippen molar-refractivity contribution in [2.45, 2.75) is 25.0 Å². The molecule has 5 heteroatoms. The maximum Gasteiger partial charge on any atom is 0.215 e. The third-order valence-corrected chi connectivity index (χ3v) is 5.20. The Morgan fingerprint density at radius 1 is 1.16 bits per heavy atom. The largest absolute Gasteiger partial charge is 0.330 e. The van der Waals surface area contributed by atoms with E-state index in [9.17, 15) is 8.42 Å². The number of rotatable bonds is 6. The van der Waals surface area contributed by atoms with Crippen LogP contribution >= 0.6 is 0 Å². The second-order valence-corrected chi connectivity index (χ2v) is 7.09. The van der Waals surface area contributed by atoms with E-state index in [4.69, 9.17) is 5.73 Å². The third kappa shape index (κ3) is 4.30. The molecule has 1 aromatic rings. The molecule has 106 valence electrons. The lowest BCUT2D eigenvalue weighted by molar-refractivity contribution is 0.393. The van der Waals surface area contributed by atoms with E-state index in [1.165, 1.54) is 0 Å². The van der Waals surface area contributed by atoms with Crippen molar-refractivity contribution < 1.29 is 8.42 Å². The maximum atomic E-state index is 12.0. The van der Waals surface area contributed by atoms with Gasteiger partial charge in [-0.3, -0.25) is 0 Å². The number of hydrogen-bond donors (Lipinski definition) is 2. The van der Waals surface area contributed by atoms with E-state index in [-0.39, 0.29) is 5.75 Å². The maximum absolute atomic E-state index is 12.0. The first-order valence-electron chi connectivity index (χ1n) is 6.82. The molecule has 0 radical (unpaired) electrons. The highest BCUT2D eigenvalue weighted by Crippen LogP contribution is 2.30. The number of nitrogens with two attached hydrogens (primary N) is 1. The minimum Gasteiger partial charge on any atom is -0.330 e. The predicted molar refractivity (Wildman–Crippen MR) is 77.0 cm³/mol. The summed E-state index contributed by atoms with van der Waals surface area (Å²) in [5.74, 6) is 0.920. The molecule has 0 heterocycles. The van der Waals surface area contributed by atoms with E-state index >= 15 is 0 Å². The smallest absolute Gasteiger partial charge is 0.215 e. The first kappa shape index (κ1) is 14.5. The van der Waals surface area contributed by atoms with Crippen LogP contribution in [0.3, 0.4) is 0 Å². The first-order chi connectivity index (χ1) is 9.11. The summed E-state index contributed by atoms with van der Waals surface area (Å²) in [5.41, 5.74) is 6.53. The molecule has 1 aliphatic carbocycles. The van der Waals surface area contributed by atoms with E-state index < -0.39 is 10.0 Å². The molecule has 1 saturated carbocycles. The van der Waals surface area contributed by atoms with Crippen LogP contribution in [0.25, 0.3) is 0 Å². The zero-order valence-corrected chi connectivity index (χ0v) is 11.9. The van der Waals surface area contributed by atoms with E-state index in [1.807, 2.05) is 30.3 Å². The van der Waals surface area contributed by atoms with Gasteiger partial charge in [-0.25, -0.2) is 13.1 Å². The monoisotopic (exact) mass is 282 g/mol. The first-order valence-corrected chi connectivity index (χ1v) is 8.47. The van der Waals surface area contributed by atoms with Crippen molar-refractivity contribution in [1.29, 1.82) is 0 Å². The number of hydrogen-bond acceptors (Lipinski definition) is 3. The molecule has 3 N–H and O–H groups in total. The molecule has 1 aliphatic rings. The van der Waals surface area contributed by atoms with Crippen LogP contribution in [0.5, 0.6) is 0 Å². The molecular formula is C14H22N2O2S. The predicted octanol–water partition coefficient (Wildman–Crippen LogP) is 1.48. The van der Waals surface area contributed by atoms with Gasteiger partial charge in [-0.1, -0.05) is 36.8 Å². The van der Waals surface area contributed by atoms with Crippen molar-refractivity contribution in [3.05, 3.63) is 35.9 Å². The van der Waals surface area contributed by atoms with Gasteiger partial charge in [-0.2, -0.15) is 0 Å². The van der Waals surface area contributed by atoms with Gasteiger partial charge in [0, 0.05) is 6.54 Å². The highest BCUT2D eigenvalue weighted by molar-refractivity contribution is 7.88. The summed E-state index contributed by atoms with van der Waals surface area (Å²) in [4.78, 5) is 0. The van der Waals surface area contributed by atoms with E-state index in [1.54, 1.807) is 0 Å². The Hall–Kier alpha value is -0.910. The van der Waals surface area contributed by atoms with Crippen molar-refractivity contribution in [3.63, 3.8) is 0 Å². The van der Waals surface area contributed by atoms with Crippen LogP contribution in [0, 0.1) is 11.8 Å². The Balaban J connectivity index is 1.88. The fourth-order valence-corrected chi connectivity index (χ4v) is 3.97. The van der Waals surface area contributed by atoms with Gasteiger partial charge in [0.15, 0.2) is 0 Å². The average molecular weight is 282 g/mol. The fraction of sp³-hybridized carbons (Fsp3) is 0.571. The van der Waals surface area contributed by atoms with E-state index in [2.05, 4.69) is 4.72 Å². The zero-order valence-electron chi connectivity index (χ0n) is 11.1. The summed E-state index contributed by atoms with van der Waals surface area (Å²) in [6, 6.07) is 9.25. The quantitative estimate of drug-likeness (QED) is 0.830. The molecule has 1 aromatic carbocycles. The van der Waals surface area contributed by atoms with Gasteiger partial charge >= 0.3 is 0 Å². The second-order valence-electron chi connectivity index (χ2n) is 5.28. The Labute approximate surface area is 115 Å². The molecule has 4 nitrogen and oxygen atoms in total. The van der Waals surface area contributed by atoms with Gasteiger partial charge in [0.2, 0.25) is 10.0 Å². The normalized spacial score (nSPS) is 23.6. The van der Waals surface area contributed by atoms with Crippen LogP contribution in [0.1, 0.15) is 24.8 Å². The van der Waals surface area contributed by atoms with Gasteiger partial charge in [0.25, 0.3) is 0 Å². The van der Waals surface area contributed by atoms with Crippen molar-refractivity contribution in [2.75, 3.05) is 13.1 Å². The van der Waals surface area contributed by atoms with Crippen LogP contribution in [0.2, 0.25) is 0 Å². The molecule has 2 atom stereocenters. The van der Waals surface area contributed by atoms with Gasteiger partial charge < -0.3 is 5.73 Å². The Bertz CT molecular complexity index is 487. The van der Waals surface area contributed by atoms with Gasteiger partial charge in [-0.15, -0.1) is 0 Å². The van der Waals surface area contributed by atoms with Gasteiger partial charge in [0.05, 0.1) is 5.75 Å². The van der Waals surface area contributed by atoms with Crippen LogP contribution in [0.15, 0.2) is 30.3 Å². The zero-order chi connectivity index (χ0) is 13.7. The standard InChI is InChI=1S/C14H22N2O2S/c15-9-13-7-4-8-14(13)10-16-19(17,18)11-12-5-2-1-3-6-12/h1-3,5-6,13-14,16H,4,7-11,15H2. The molecule has 0 spiro atoms. The minimum atomic E-state index is -3.24. The Morgan fingerprint density at radius 2 is 1.84 bits per heavy atom. The van der Waals surface area contributed by atoms with Crippen LogP contribution in [-0.4, -0.2) is 21.5 Å². The van der Waals surface area contributed by atoms with Crippen molar-refractivity contribution in [2.24, 2.45) is 17.6 Å². The molecule has 1 fully saturated rings. The molecule has 2 rings (SSSR count). The number of sulfonamides is 1. The molecule has 0 aromatic heterocycles. The lowest BCUT2D eigenvalue weighted by atomic mass is 9.97. The summed E-state index contributed by atoms with van der Waals surface area (Å²) in [6.45, 7) is 1.18. The van der Waals surface area contributed by atoms with E-state index in [0.29, 0.717) is 24.9 Å². The molecular weight excluding hydrogens is 260 g/mol. The molecule has 19 heavy (non-hydrogen) atoms. The Kier molecular flexibility index (Phi) is 4.96. The van der Waals surface area contributed by atoms with Crippen molar-refractivity contribution in [1.82, 2.24) is 4.72 Å². The van der Waals surface area contributed by atoms with Crippen LogP contribution in [-0.2, 0) is 15.8 Å². The Morgan fingerprint density at radius 3 is 2.53 bits per heavy atom. The SMILES string of the molecule is NCC1CCCC1CNS(=O)(=O)Cc1ccccc1. The average Bonchev–Trinajstić information content (AvgIpc) is 2.84.